The van der Waals surface area contributed by atoms with Crippen molar-refractivity contribution >= 4 is 43.2 Å². The number of alkyl carbamates (subject to hydrolysis) is 1. The standard InChI is InChI=1S/C22H29BrN2O4S2/c1-13(2)29-22(26)25-17-8-5-15(6-9-17)21-24-12-19(30-21)18-10-7-16(23)11-20(18)31(27,28)14(3)4/h7,10-15,17H,5-6,8-9H2,1-4H3,(H,25,26). The maximum absolute atomic E-state index is 12.9. The number of hydrogen-bond acceptors (Lipinski definition) is 6. The molecule has 3 rings (SSSR count). The minimum atomic E-state index is -3.42. The zero-order valence-electron chi connectivity index (χ0n) is 18.2. The summed E-state index contributed by atoms with van der Waals surface area (Å²) in [7, 11) is -3.42. The first-order chi connectivity index (χ1) is 14.6. The molecule has 2 aromatic rings. The molecule has 1 saturated carbocycles. The van der Waals surface area contributed by atoms with Crippen LogP contribution in [-0.4, -0.2) is 36.9 Å². The quantitative estimate of drug-likeness (QED) is 0.503. The Bertz CT molecular complexity index is 1030. The molecule has 1 aliphatic carbocycles. The highest BCUT2D eigenvalue weighted by molar-refractivity contribution is 9.10. The Labute approximate surface area is 196 Å². The molecule has 170 valence electrons. The van der Waals surface area contributed by atoms with Crippen LogP contribution in [0.5, 0.6) is 0 Å². The van der Waals surface area contributed by atoms with Crippen LogP contribution in [0.4, 0.5) is 4.79 Å². The van der Waals surface area contributed by atoms with Gasteiger partial charge in [-0.25, -0.2) is 18.2 Å². The van der Waals surface area contributed by atoms with E-state index in [1.807, 2.05) is 26.0 Å². The molecule has 1 N–H and O–H groups in total. The molecule has 0 radical (unpaired) electrons. The molecule has 0 unspecified atom stereocenters. The highest BCUT2D eigenvalue weighted by Crippen LogP contribution is 2.40. The average molecular weight is 530 g/mol. The highest BCUT2D eigenvalue weighted by atomic mass is 79.9. The number of rotatable bonds is 6. The molecule has 1 amide bonds. The third kappa shape index (κ3) is 5.87. The molecule has 0 aliphatic heterocycles. The Morgan fingerprint density at radius 2 is 1.87 bits per heavy atom. The number of nitrogens with one attached hydrogen (secondary N) is 1. The normalized spacial score (nSPS) is 19.6. The minimum absolute atomic E-state index is 0.121. The molecule has 0 bridgehead atoms. The largest absolute Gasteiger partial charge is 0.447 e. The van der Waals surface area contributed by atoms with Crippen molar-refractivity contribution in [1.29, 1.82) is 0 Å². The SMILES string of the molecule is CC(C)OC(=O)NC1CCC(c2ncc(-c3ccc(Br)cc3S(=O)(=O)C(C)C)s2)CC1. The van der Waals surface area contributed by atoms with Crippen LogP contribution in [-0.2, 0) is 14.6 Å². The summed E-state index contributed by atoms with van der Waals surface area (Å²) in [5, 5.41) is 3.46. The molecule has 1 aromatic carbocycles. The van der Waals surface area contributed by atoms with Crippen LogP contribution in [0.3, 0.4) is 0 Å². The van der Waals surface area contributed by atoms with E-state index in [-0.39, 0.29) is 18.2 Å². The number of benzene rings is 1. The van der Waals surface area contributed by atoms with Crippen LogP contribution in [0.2, 0.25) is 0 Å². The van der Waals surface area contributed by atoms with Crippen molar-refractivity contribution in [3.63, 3.8) is 0 Å². The van der Waals surface area contributed by atoms with Gasteiger partial charge in [0, 0.05) is 28.2 Å². The number of amides is 1. The Hall–Kier alpha value is -1.45. The third-order valence-electron chi connectivity index (χ3n) is 5.40. The van der Waals surface area contributed by atoms with Gasteiger partial charge in [0.1, 0.15) is 0 Å². The summed E-state index contributed by atoms with van der Waals surface area (Å²) < 4.78 is 31.7. The van der Waals surface area contributed by atoms with Crippen LogP contribution in [0.15, 0.2) is 33.8 Å². The lowest BCUT2D eigenvalue weighted by atomic mass is 9.86. The van der Waals surface area contributed by atoms with E-state index in [1.165, 1.54) is 0 Å². The van der Waals surface area contributed by atoms with Gasteiger partial charge in [0.15, 0.2) is 9.84 Å². The van der Waals surface area contributed by atoms with Gasteiger partial charge >= 0.3 is 6.09 Å². The van der Waals surface area contributed by atoms with E-state index in [0.717, 1.165) is 40.0 Å². The molecular weight excluding hydrogens is 500 g/mol. The molecule has 6 nitrogen and oxygen atoms in total. The molecule has 31 heavy (non-hydrogen) atoms. The Kier molecular flexibility index (Phi) is 7.81. The highest BCUT2D eigenvalue weighted by Gasteiger charge is 2.28. The number of aromatic nitrogens is 1. The second-order valence-corrected chi connectivity index (χ2v) is 12.9. The van der Waals surface area contributed by atoms with Crippen molar-refractivity contribution in [2.24, 2.45) is 0 Å². The first-order valence-corrected chi connectivity index (χ1v) is 13.7. The monoisotopic (exact) mass is 528 g/mol. The Morgan fingerprint density at radius 3 is 2.48 bits per heavy atom. The lowest BCUT2D eigenvalue weighted by molar-refractivity contribution is 0.109. The predicted molar refractivity (Wildman–Crippen MR) is 127 cm³/mol. The third-order valence-corrected chi connectivity index (χ3v) is 9.28. The number of hydrogen-bond donors (Lipinski definition) is 1. The maximum atomic E-state index is 12.9. The number of carbonyl (C=O) groups is 1. The van der Waals surface area contributed by atoms with Crippen molar-refractivity contribution < 1.29 is 17.9 Å². The van der Waals surface area contributed by atoms with E-state index in [4.69, 9.17) is 4.74 Å². The first kappa shape index (κ1) is 24.2. The van der Waals surface area contributed by atoms with Crippen LogP contribution < -0.4 is 5.32 Å². The topological polar surface area (TPSA) is 85.4 Å². The minimum Gasteiger partial charge on any atom is -0.447 e. The van der Waals surface area contributed by atoms with Crippen molar-refractivity contribution in [3.05, 3.63) is 33.9 Å². The van der Waals surface area contributed by atoms with E-state index in [9.17, 15) is 13.2 Å². The summed E-state index contributed by atoms with van der Waals surface area (Å²) in [6.45, 7) is 7.06. The molecule has 1 heterocycles. The average Bonchev–Trinajstić information content (AvgIpc) is 3.17. The molecule has 9 heteroatoms. The van der Waals surface area contributed by atoms with Crippen molar-refractivity contribution in [3.8, 4) is 10.4 Å². The molecule has 0 spiro atoms. The lowest BCUT2D eigenvalue weighted by Crippen LogP contribution is -2.38. The van der Waals surface area contributed by atoms with Gasteiger partial charge in [-0.1, -0.05) is 22.0 Å². The Balaban J connectivity index is 1.73. The second kappa shape index (κ2) is 10.0. The zero-order valence-corrected chi connectivity index (χ0v) is 21.4. The summed E-state index contributed by atoms with van der Waals surface area (Å²) in [5.74, 6) is 0.318. The number of ether oxygens (including phenoxy) is 1. The fourth-order valence-corrected chi connectivity index (χ4v) is 6.68. The van der Waals surface area contributed by atoms with Gasteiger partial charge in [-0.15, -0.1) is 11.3 Å². The second-order valence-electron chi connectivity index (χ2n) is 8.44. The number of carbonyl (C=O) groups excluding carboxylic acids is 1. The van der Waals surface area contributed by atoms with Crippen molar-refractivity contribution in [2.75, 3.05) is 0 Å². The first-order valence-electron chi connectivity index (χ1n) is 10.5. The van der Waals surface area contributed by atoms with Gasteiger partial charge in [0.05, 0.1) is 26.1 Å². The van der Waals surface area contributed by atoms with Gasteiger partial charge in [-0.2, -0.15) is 0 Å². The number of halogens is 1. The number of thiazole rings is 1. The molecule has 1 aromatic heterocycles. The van der Waals surface area contributed by atoms with E-state index in [2.05, 4.69) is 26.2 Å². The van der Waals surface area contributed by atoms with Gasteiger partial charge in [0.25, 0.3) is 0 Å². The summed E-state index contributed by atoms with van der Waals surface area (Å²) in [6.07, 6.45) is 4.90. The summed E-state index contributed by atoms with van der Waals surface area (Å²) in [6, 6.07) is 5.51. The fourth-order valence-electron chi connectivity index (χ4n) is 3.69. The Morgan fingerprint density at radius 1 is 1.19 bits per heavy atom. The van der Waals surface area contributed by atoms with E-state index >= 15 is 0 Å². The lowest BCUT2D eigenvalue weighted by Gasteiger charge is -2.28. The van der Waals surface area contributed by atoms with Crippen LogP contribution in [0.1, 0.15) is 64.3 Å². The molecule has 1 aliphatic rings. The predicted octanol–water partition coefficient (Wildman–Crippen LogP) is 5.92. The van der Waals surface area contributed by atoms with Crippen LogP contribution in [0, 0.1) is 0 Å². The number of nitrogens with zero attached hydrogens (tertiary/aromatic N) is 1. The van der Waals surface area contributed by atoms with E-state index in [1.54, 1.807) is 37.4 Å². The molecule has 1 fully saturated rings. The van der Waals surface area contributed by atoms with E-state index in [0.29, 0.717) is 16.4 Å². The maximum Gasteiger partial charge on any atom is 0.407 e. The molecule has 0 atom stereocenters. The van der Waals surface area contributed by atoms with Gasteiger partial charge in [0.2, 0.25) is 0 Å². The van der Waals surface area contributed by atoms with Gasteiger partial charge in [-0.05, 0) is 65.5 Å². The number of sulfone groups is 1. The van der Waals surface area contributed by atoms with Crippen molar-refractivity contribution in [2.45, 2.75) is 81.6 Å². The van der Waals surface area contributed by atoms with Crippen molar-refractivity contribution in [1.82, 2.24) is 10.3 Å². The zero-order chi connectivity index (χ0) is 22.8. The van der Waals surface area contributed by atoms with Gasteiger partial charge in [-0.3, -0.25) is 0 Å². The van der Waals surface area contributed by atoms with E-state index < -0.39 is 15.1 Å². The summed E-state index contributed by atoms with van der Waals surface area (Å²) >= 11 is 4.96. The van der Waals surface area contributed by atoms with Gasteiger partial charge < -0.3 is 10.1 Å². The smallest absolute Gasteiger partial charge is 0.407 e. The fraction of sp³-hybridized carbons (Fsp3) is 0.545. The molecule has 0 saturated heterocycles. The van der Waals surface area contributed by atoms with Crippen LogP contribution in [0.25, 0.3) is 10.4 Å². The molecular formula is C22H29BrN2O4S2. The summed E-state index contributed by atoms with van der Waals surface area (Å²) in [4.78, 5) is 17.7. The van der Waals surface area contributed by atoms with Crippen LogP contribution >= 0.6 is 27.3 Å². The summed E-state index contributed by atoms with van der Waals surface area (Å²) in [5.41, 5.74) is 0.701.